The maximum atomic E-state index is 13.6. The number of alkyl halides is 2. The van der Waals surface area contributed by atoms with E-state index in [0.717, 1.165) is 0 Å². The van der Waals surface area contributed by atoms with Gasteiger partial charge in [0.25, 0.3) is 5.92 Å². The van der Waals surface area contributed by atoms with Crippen LogP contribution in [0.25, 0.3) is 0 Å². The lowest BCUT2D eigenvalue weighted by atomic mass is 10.1. The minimum Gasteiger partial charge on any atom is -0.467 e. The number of halogens is 2. The molecule has 0 N–H and O–H groups in total. The molecular formula is C14H22F2N2O4. The number of amides is 1. The number of hydrogen-bond donors (Lipinski definition) is 0. The second kappa shape index (κ2) is 5.64. The van der Waals surface area contributed by atoms with Gasteiger partial charge in [0.15, 0.2) is 0 Å². The molecule has 0 saturated carbocycles. The molecule has 2 atom stereocenters. The number of esters is 1. The van der Waals surface area contributed by atoms with E-state index in [0.29, 0.717) is 0 Å². The molecule has 0 aromatic carbocycles. The fourth-order valence-electron chi connectivity index (χ4n) is 2.89. The zero-order valence-corrected chi connectivity index (χ0v) is 13.3. The zero-order chi connectivity index (χ0) is 16.7. The van der Waals surface area contributed by atoms with Gasteiger partial charge in [-0.2, -0.15) is 0 Å². The van der Waals surface area contributed by atoms with E-state index in [1.54, 1.807) is 25.7 Å². The first-order valence-electron chi connectivity index (χ1n) is 7.22. The molecule has 2 heterocycles. The van der Waals surface area contributed by atoms with Gasteiger partial charge >= 0.3 is 12.1 Å². The van der Waals surface area contributed by atoms with Crippen LogP contribution in [-0.4, -0.2) is 72.2 Å². The third-order valence-electron chi connectivity index (χ3n) is 3.78. The summed E-state index contributed by atoms with van der Waals surface area (Å²) in [5.74, 6) is -3.42. The van der Waals surface area contributed by atoms with Crippen LogP contribution in [0.5, 0.6) is 0 Å². The topological polar surface area (TPSA) is 59.1 Å². The molecule has 0 aliphatic carbocycles. The molecule has 2 aliphatic rings. The van der Waals surface area contributed by atoms with Crippen molar-refractivity contribution in [1.29, 1.82) is 0 Å². The van der Waals surface area contributed by atoms with Gasteiger partial charge in [0, 0.05) is 25.6 Å². The fourth-order valence-corrected chi connectivity index (χ4v) is 2.89. The van der Waals surface area contributed by atoms with Crippen LogP contribution in [0.3, 0.4) is 0 Å². The van der Waals surface area contributed by atoms with Gasteiger partial charge in [0.2, 0.25) is 0 Å². The Bertz CT molecular complexity index is 464. The van der Waals surface area contributed by atoms with Crippen LogP contribution in [0.15, 0.2) is 0 Å². The number of hydrogen-bond acceptors (Lipinski definition) is 5. The number of piperazine rings is 1. The standard InChI is InChI=1S/C14H22F2N2O4/c1-13(2,3)22-12(20)18-6-9-5-14(15,16)8-17(9)7-10(18)11(19)21-4/h9-10H,5-8H2,1-4H3/t9-,10+/m1/s1. The molecule has 126 valence electrons. The SMILES string of the molecule is COC(=O)[C@@H]1CN2CC(F)(F)C[C@@H]2CN1C(=O)OC(C)(C)C. The Labute approximate surface area is 128 Å². The molecule has 0 spiro atoms. The lowest BCUT2D eigenvalue weighted by Crippen LogP contribution is -2.61. The van der Waals surface area contributed by atoms with Crippen LogP contribution in [0, 0.1) is 0 Å². The first-order valence-corrected chi connectivity index (χ1v) is 7.22. The molecule has 0 bridgehead atoms. The van der Waals surface area contributed by atoms with Gasteiger partial charge in [0.1, 0.15) is 11.6 Å². The highest BCUT2D eigenvalue weighted by Gasteiger charge is 2.51. The van der Waals surface area contributed by atoms with Crippen molar-refractivity contribution in [3.05, 3.63) is 0 Å². The van der Waals surface area contributed by atoms with Crippen LogP contribution in [0.1, 0.15) is 27.2 Å². The van der Waals surface area contributed by atoms with Gasteiger partial charge < -0.3 is 9.47 Å². The van der Waals surface area contributed by atoms with Crippen LogP contribution in [0.4, 0.5) is 13.6 Å². The number of ether oxygens (including phenoxy) is 2. The number of fused-ring (bicyclic) bond motifs is 1. The summed E-state index contributed by atoms with van der Waals surface area (Å²) in [5, 5.41) is 0. The van der Waals surface area contributed by atoms with Crippen molar-refractivity contribution in [3.8, 4) is 0 Å². The van der Waals surface area contributed by atoms with Crippen molar-refractivity contribution in [2.75, 3.05) is 26.7 Å². The van der Waals surface area contributed by atoms with E-state index in [4.69, 9.17) is 9.47 Å². The maximum Gasteiger partial charge on any atom is 0.411 e. The molecule has 22 heavy (non-hydrogen) atoms. The smallest absolute Gasteiger partial charge is 0.411 e. The third-order valence-corrected chi connectivity index (χ3v) is 3.78. The number of nitrogens with zero attached hydrogens (tertiary/aromatic N) is 2. The van der Waals surface area contributed by atoms with Crippen molar-refractivity contribution >= 4 is 12.1 Å². The third kappa shape index (κ3) is 3.66. The summed E-state index contributed by atoms with van der Waals surface area (Å²) in [7, 11) is 1.21. The van der Waals surface area contributed by atoms with Crippen molar-refractivity contribution < 1.29 is 27.8 Å². The molecule has 2 aliphatic heterocycles. The number of methoxy groups -OCH3 is 1. The summed E-state index contributed by atoms with van der Waals surface area (Å²) >= 11 is 0. The Balaban J connectivity index is 2.18. The highest BCUT2D eigenvalue weighted by atomic mass is 19.3. The molecule has 0 radical (unpaired) electrons. The number of rotatable bonds is 1. The van der Waals surface area contributed by atoms with E-state index in [1.807, 2.05) is 0 Å². The summed E-state index contributed by atoms with van der Waals surface area (Å²) < 4.78 is 37.1. The molecule has 6 nitrogen and oxygen atoms in total. The number of carbonyl (C=O) groups is 2. The molecule has 2 fully saturated rings. The second-order valence-electron chi connectivity index (χ2n) is 6.82. The summed E-state index contributed by atoms with van der Waals surface area (Å²) in [6.07, 6.45) is -1.00. The van der Waals surface area contributed by atoms with Crippen molar-refractivity contribution in [2.24, 2.45) is 0 Å². The predicted molar refractivity (Wildman–Crippen MR) is 73.7 cm³/mol. The summed E-state index contributed by atoms with van der Waals surface area (Å²) in [6, 6.07) is -1.39. The Morgan fingerprint density at radius 1 is 1.23 bits per heavy atom. The van der Waals surface area contributed by atoms with Crippen LogP contribution in [-0.2, 0) is 14.3 Å². The van der Waals surface area contributed by atoms with E-state index < -0.39 is 42.2 Å². The predicted octanol–water partition coefficient (Wildman–Crippen LogP) is 1.49. The van der Waals surface area contributed by atoms with Gasteiger partial charge in [-0.3, -0.25) is 9.80 Å². The second-order valence-corrected chi connectivity index (χ2v) is 6.82. The Morgan fingerprint density at radius 3 is 2.41 bits per heavy atom. The van der Waals surface area contributed by atoms with Crippen molar-refractivity contribution in [2.45, 2.75) is 50.8 Å². The Kier molecular flexibility index (Phi) is 4.34. The minimum absolute atomic E-state index is 0.0320. The average molecular weight is 320 g/mol. The molecular weight excluding hydrogens is 298 g/mol. The van der Waals surface area contributed by atoms with E-state index in [2.05, 4.69) is 0 Å². The van der Waals surface area contributed by atoms with Crippen LogP contribution < -0.4 is 0 Å². The van der Waals surface area contributed by atoms with E-state index >= 15 is 0 Å². The molecule has 2 rings (SSSR count). The maximum absolute atomic E-state index is 13.6. The average Bonchev–Trinajstić information content (AvgIpc) is 2.67. The largest absolute Gasteiger partial charge is 0.467 e. The highest BCUT2D eigenvalue weighted by Crippen LogP contribution is 2.35. The molecule has 2 saturated heterocycles. The van der Waals surface area contributed by atoms with Gasteiger partial charge in [-0.25, -0.2) is 18.4 Å². The zero-order valence-electron chi connectivity index (χ0n) is 13.3. The quantitative estimate of drug-likeness (QED) is 0.685. The van der Waals surface area contributed by atoms with Gasteiger partial charge in [-0.15, -0.1) is 0 Å². The molecule has 0 aromatic heterocycles. The van der Waals surface area contributed by atoms with E-state index in [-0.39, 0.29) is 19.5 Å². The Hall–Kier alpha value is -1.44. The lowest BCUT2D eigenvalue weighted by Gasteiger charge is -2.41. The first kappa shape index (κ1) is 16.9. The molecule has 1 amide bonds. The van der Waals surface area contributed by atoms with E-state index in [1.165, 1.54) is 12.0 Å². The minimum atomic E-state index is -2.80. The van der Waals surface area contributed by atoms with Crippen LogP contribution >= 0.6 is 0 Å². The van der Waals surface area contributed by atoms with Gasteiger partial charge in [0.05, 0.1) is 13.7 Å². The monoisotopic (exact) mass is 320 g/mol. The van der Waals surface area contributed by atoms with Crippen molar-refractivity contribution in [1.82, 2.24) is 9.80 Å². The summed E-state index contributed by atoms with van der Waals surface area (Å²) in [4.78, 5) is 26.9. The summed E-state index contributed by atoms with van der Waals surface area (Å²) in [5.41, 5.74) is -0.728. The van der Waals surface area contributed by atoms with Crippen molar-refractivity contribution in [3.63, 3.8) is 0 Å². The molecule has 0 unspecified atom stereocenters. The summed E-state index contributed by atoms with van der Waals surface area (Å²) in [6.45, 7) is 4.79. The highest BCUT2D eigenvalue weighted by molar-refractivity contribution is 5.82. The fraction of sp³-hybridized carbons (Fsp3) is 0.857. The Morgan fingerprint density at radius 2 is 1.86 bits per heavy atom. The molecule has 0 aromatic rings. The lowest BCUT2D eigenvalue weighted by molar-refractivity contribution is -0.150. The number of carbonyl (C=O) groups excluding carboxylic acids is 2. The molecule has 8 heteroatoms. The van der Waals surface area contributed by atoms with Gasteiger partial charge in [-0.1, -0.05) is 0 Å². The first-order chi connectivity index (χ1) is 10.0. The van der Waals surface area contributed by atoms with E-state index in [9.17, 15) is 18.4 Å². The van der Waals surface area contributed by atoms with Gasteiger partial charge in [-0.05, 0) is 20.8 Å². The van der Waals surface area contributed by atoms with Crippen LogP contribution in [0.2, 0.25) is 0 Å². The normalized spacial score (nSPS) is 28.2.